The van der Waals surface area contributed by atoms with Gasteiger partial charge in [-0.05, 0) is 36.7 Å². The van der Waals surface area contributed by atoms with E-state index >= 15 is 0 Å². The van der Waals surface area contributed by atoms with Crippen LogP contribution >= 0.6 is 0 Å². The number of fused-ring (bicyclic) bond motifs is 1. The van der Waals surface area contributed by atoms with Gasteiger partial charge in [0.15, 0.2) is 11.2 Å². The minimum absolute atomic E-state index is 0.185. The molecule has 0 aliphatic heterocycles. The quantitative estimate of drug-likeness (QED) is 0.461. The lowest BCUT2D eigenvalue weighted by molar-refractivity contribution is 0.0908. The average molecular weight is 401 g/mol. The molecule has 0 unspecified atom stereocenters. The number of phenols is 1. The number of nitrogens with zero attached hydrogens (tertiary/aromatic N) is 4. The van der Waals surface area contributed by atoms with E-state index in [-0.39, 0.29) is 18.0 Å². The van der Waals surface area contributed by atoms with E-state index in [9.17, 15) is 9.90 Å². The molecular weight excluding hydrogens is 372 g/mol. The lowest BCUT2D eigenvalue weighted by Gasteiger charge is -2.16. The molecule has 1 N–H and O–H groups in total. The van der Waals surface area contributed by atoms with Crippen molar-refractivity contribution in [2.24, 2.45) is 0 Å². The van der Waals surface area contributed by atoms with Crippen LogP contribution in [0.3, 0.4) is 0 Å². The van der Waals surface area contributed by atoms with E-state index in [0.29, 0.717) is 23.6 Å². The molecule has 28 heavy (non-hydrogen) atoms. The van der Waals surface area contributed by atoms with Crippen molar-refractivity contribution < 1.29 is 9.84 Å². The molecule has 0 aliphatic carbocycles. The summed E-state index contributed by atoms with van der Waals surface area (Å²) in [6.45, 7) is 10.6. The van der Waals surface area contributed by atoms with Crippen molar-refractivity contribution in [1.29, 1.82) is 0 Å². The number of aromatic nitrogens is 4. The summed E-state index contributed by atoms with van der Waals surface area (Å²) in [4.78, 5) is 21.4. The largest absolute Gasteiger partial charge is 0.508 e. The summed E-state index contributed by atoms with van der Waals surface area (Å²) in [5, 5.41) is 9.61. The number of hydrogen-bond acceptors (Lipinski definition) is 5. The number of imidazole rings is 1. The molecule has 0 amide bonds. The summed E-state index contributed by atoms with van der Waals surface area (Å²) in [6.07, 6.45) is 2.46. The predicted molar refractivity (Wildman–Crippen MR) is 113 cm³/mol. The van der Waals surface area contributed by atoms with Gasteiger partial charge in [0.2, 0.25) is 0 Å². The van der Waals surface area contributed by atoms with Gasteiger partial charge in [-0.25, -0.2) is 4.98 Å². The van der Waals surface area contributed by atoms with Gasteiger partial charge >= 0.3 is 0 Å². The monoisotopic (exact) mass is 400 g/mol. The van der Waals surface area contributed by atoms with Crippen molar-refractivity contribution in [1.82, 2.24) is 19.1 Å². The van der Waals surface area contributed by atoms with E-state index in [1.807, 2.05) is 4.57 Å². The topological polar surface area (TPSA) is 82.2 Å². The third kappa shape index (κ3) is 4.51. The van der Waals surface area contributed by atoms with Crippen LogP contribution in [0.4, 0.5) is 0 Å². The zero-order valence-corrected chi connectivity index (χ0v) is 18.0. The van der Waals surface area contributed by atoms with E-state index in [1.54, 1.807) is 35.2 Å². The number of ether oxygens (including phenoxy) is 1. The zero-order chi connectivity index (χ0) is 20.3. The highest BCUT2D eigenvalue weighted by Gasteiger charge is 2.19. The van der Waals surface area contributed by atoms with Gasteiger partial charge in [-0.3, -0.25) is 9.36 Å². The van der Waals surface area contributed by atoms with E-state index in [4.69, 9.17) is 9.72 Å². The first-order valence-corrected chi connectivity index (χ1v) is 13.3. The number of aryl methyl sites for hydroxylation is 1. The van der Waals surface area contributed by atoms with Gasteiger partial charge in [0.25, 0.3) is 5.56 Å². The molecule has 0 bridgehead atoms. The summed E-state index contributed by atoms with van der Waals surface area (Å²) < 4.78 is 9.64. The second kappa shape index (κ2) is 8.28. The predicted octanol–water partition coefficient (Wildman–Crippen LogP) is 3.69. The smallest absolute Gasteiger partial charge is 0.299 e. The fraction of sp³-hybridized carbons (Fsp3) is 0.450. The Hall–Kier alpha value is -2.45. The maximum Gasteiger partial charge on any atom is 0.299 e. The normalized spacial score (nSPS) is 12.0. The van der Waals surface area contributed by atoms with Crippen LogP contribution in [0.15, 0.2) is 35.4 Å². The molecule has 0 aliphatic rings. The lowest BCUT2D eigenvalue weighted by atomic mass is 10.2. The van der Waals surface area contributed by atoms with Gasteiger partial charge in [0.05, 0.1) is 0 Å². The highest BCUT2D eigenvalue weighted by atomic mass is 28.3. The van der Waals surface area contributed by atoms with Crippen LogP contribution < -0.4 is 5.56 Å². The number of aromatic hydroxyl groups is 1. The highest BCUT2D eigenvalue weighted by molar-refractivity contribution is 6.76. The molecule has 2 aromatic heterocycles. The molecule has 0 saturated carbocycles. The average Bonchev–Trinajstić information content (AvgIpc) is 3.02. The van der Waals surface area contributed by atoms with Crippen LogP contribution in [-0.4, -0.2) is 38.9 Å². The minimum Gasteiger partial charge on any atom is -0.508 e. The standard InChI is InChI=1S/C20H28N4O3Si/c1-5-10-23-13-21-20(26)17-19(23)22-18(15-6-8-16(25)9-7-15)24(17)14-27-11-12-28(2,3)4/h6-9,13,25H,5,10-12,14H2,1-4H3. The maximum atomic E-state index is 12.6. The number of phenolic OH excluding ortho intramolecular Hbond substituents is 1. The maximum absolute atomic E-state index is 12.6. The minimum atomic E-state index is -1.20. The van der Waals surface area contributed by atoms with E-state index < -0.39 is 8.07 Å². The summed E-state index contributed by atoms with van der Waals surface area (Å²) in [6, 6.07) is 7.85. The fourth-order valence-corrected chi connectivity index (χ4v) is 3.74. The number of hydrogen-bond donors (Lipinski definition) is 1. The Bertz CT molecular complexity index is 1000. The molecule has 0 radical (unpaired) electrons. The lowest BCUT2D eigenvalue weighted by Crippen LogP contribution is -2.22. The zero-order valence-electron chi connectivity index (χ0n) is 17.0. The summed E-state index contributed by atoms with van der Waals surface area (Å²) in [5.41, 5.74) is 1.56. The Morgan fingerprint density at radius 3 is 2.54 bits per heavy atom. The summed E-state index contributed by atoms with van der Waals surface area (Å²) >= 11 is 0. The van der Waals surface area contributed by atoms with Crippen molar-refractivity contribution in [3.63, 3.8) is 0 Å². The van der Waals surface area contributed by atoms with Crippen molar-refractivity contribution in [2.75, 3.05) is 6.61 Å². The van der Waals surface area contributed by atoms with Crippen LogP contribution in [-0.2, 0) is 18.0 Å². The van der Waals surface area contributed by atoms with Crippen LogP contribution in [0.25, 0.3) is 22.6 Å². The first-order valence-electron chi connectivity index (χ1n) is 9.63. The number of rotatable bonds is 8. The Labute approximate surface area is 165 Å². The molecule has 0 fully saturated rings. The van der Waals surface area contributed by atoms with E-state index in [1.165, 1.54) is 0 Å². The van der Waals surface area contributed by atoms with Gasteiger partial charge in [0.1, 0.15) is 24.6 Å². The first kappa shape index (κ1) is 20.3. The van der Waals surface area contributed by atoms with Crippen molar-refractivity contribution in [3.8, 4) is 17.1 Å². The Balaban J connectivity index is 2.06. The molecule has 8 heteroatoms. The molecule has 3 aromatic rings. The van der Waals surface area contributed by atoms with Gasteiger partial charge in [-0.1, -0.05) is 26.6 Å². The summed E-state index contributed by atoms with van der Waals surface area (Å²) in [7, 11) is -1.20. The molecule has 2 heterocycles. The van der Waals surface area contributed by atoms with Crippen LogP contribution in [0, 0.1) is 0 Å². The van der Waals surface area contributed by atoms with Crippen LogP contribution in [0.5, 0.6) is 5.75 Å². The number of benzene rings is 1. The molecule has 0 atom stereocenters. The third-order valence-corrected chi connectivity index (χ3v) is 6.25. The van der Waals surface area contributed by atoms with Crippen molar-refractivity contribution in [3.05, 3.63) is 40.9 Å². The molecule has 1 aromatic carbocycles. The molecule has 0 spiro atoms. The van der Waals surface area contributed by atoms with Crippen molar-refractivity contribution in [2.45, 2.75) is 52.3 Å². The molecule has 7 nitrogen and oxygen atoms in total. The van der Waals surface area contributed by atoms with Gasteiger partial charge < -0.3 is 14.4 Å². The fourth-order valence-electron chi connectivity index (χ4n) is 2.98. The van der Waals surface area contributed by atoms with E-state index in [0.717, 1.165) is 24.6 Å². The Morgan fingerprint density at radius 2 is 1.89 bits per heavy atom. The van der Waals surface area contributed by atoms with Gasteiger partial charge in [-0.15, -0.1) is 0 Å². The van der Waals surface area contributed by atoms with Gasteiger partial charge in [-0.2, -0.15) is 4.98 Å². The Morgan fingerprint density at radius 1 is 1.18 bits per heavy atom. The highest BCUT2D eigenvalue weighted by Crippen LogP contribution is 2.25. The molecule has 3 rings (SSSR count). The van der Waals surface area contributed by atoms with Crippen molar-refractivity contribution >= 4 is 19.2 Å². The Kier molecular flexibility index (Phi) is 6.00. The molecule has 150 valence electrons. The van der Waals surface area contributed by atoms with Crippen LogP contribution in [0.2, 0.25) is 25.7 Å². The summed E-state index contributed by atoms with van der Waals surface area (Å²) in [5.74, 6) is 0.822. The van der Waals surface area contributed by atoms with Gasteiger partial charge in [0, 0.05) is 26.8 Å². The molecular formula is C20H28N4O3Si. The first-order chi connectivity index (χ1) is 13.3. The second-order valence-electron chi connectivity index (χ2n) is 8.17. The molecule has 0 saturated heterocycles. The second-order valence-corrected chi connectivity index (χ2v) is 13.8. The van der Waals surface area contributed by atoms with E-state index in [2.05, 4.69) is 31.5 Å². The van der Waals surface area contributed by atoms with Crippen LogP contribution in [0.1, 0.15) is 13.3 Å². The third-order valence-electron chi connectivity index (χ3n) is 4.54. The SMILES string of the molecule is CCCn1cnc(=O)c2c1nc(-c1ccc(O)cc1)n2COCC[Si](C)(C)C.